The van der Waals surface area contributed by atoms with E-state index in [9.17, 15) is 4.79 Å². The van der Waals surface area contributed by atoms with Crippen molar-refractivity contribution in [1.29, 1.82) is 0 Å². The number of hydrogen-bond donors (Lipinski definition) is 1. The van der Waals surface area contributed by atoms with Crippen LogP contribution in [0.5, 0.6) is 0 Å². The molecule has 1 aliphatic heterocycles. The van der Waals surface area contributed by atoms with Crippen LogP contribution in [0.4, 0.5) is 0 Å². The van der Waals surface area contributed by atoms with Gasteiger partial charge in [-0.15, -0.1) is 0 Å². The van der Waals surface area contributed by atoms with Crippen LogP contribution >= 0.6 is 0 Å². The molecular formula is C21H24N2O. The molecule has 0 aromatic heterocycles. The Balaban J connectivity index is 1.59. The Labute approximate surface area is 143 Å². The van der Waals surface area contributed by atoms with Crippen molar-refractivity contribution in [1.82, 2.24) is 4.90 Å². The van der Waals surface area contributed by atoms with Crippen LogP contribution in [-0.2, 0) is 25.8 Å². The molecule has 2 N–H and O–H groups in total. The summed E-state index contributed by atoms with van der Waals surface area (Å²) in [5.74, 6) is 0.142. The highest BCUT2D eigenvalue weighted by Gasteiger charge is 2.25. The molecule has 0 saturated carbocycles. The molecule has 2 aliphatic rings. The second-order valence-corrected chi connectivity index (χ2v) is 7.35. The molecule has 24 heavy (non-hydrogen) atoms. The van der Waals surface area contributed by atoms with Crippen molar-refractivity contribution in [3.8, 4) is 0 Å². The zero-order valence-electron chi connectivity index (χ0n) is 14.4. The number of aryl methyl sites for hydroxylation is 2. The second-order valence-electron chi connectivity index (χ2n) is 7.35. The van der Waals surface area contributed by atoms with Crippen molar-refractivity contribution in [2.75, 3.05) is 6.54 Å². The smallest absolute Gasteiger partial charge is 0.254 e. The topological polar surface area (TPSA) is 46.3 Å². The van der Waals surface area contributed by atoms with Crippen molar-refractivity contribution in [2.45, 2.75) is 45.7 Å². The van der Waals surface area contributed by atoms with E-state index in [-0.39, 0.29) is 11.9 Å². The molecule has 3 heteroatoms. The van der Waals surface area contributed by atoms with E-state index < -0.39 is 0 Å². The summed E-state index contributed by atoms with van der Waals surface area (Å²) < 4.78 is 0. The van der Waals surface area contributed by atoms with E-state index in [0.29, 0.717) is 0 Å². The monoisotopic (exact) mass is 320 g/mol. The van der Waals surface area contributed by atoms with Gasteiger partial charge in [0.1, 0.15) is 0 Å². The summed E-state index contributed by atoms with van der Waals surface area (Å²) in [4.78, 5) is 15.0. The van der Waals surface area contributed by atoms with Crippen LogP contribution in [0.25, 0.3) is 0 Å². The minimum Gasteiger partial charge on any atom is -0.334 e. The first-order valence-electron chi connectivity index (χ1n) is 8.77. The van der Waals surface area contributed by atoms with Gasteiger partial charge in [-0.1, -0.05) is 23.8 Å². The van der Waals surface area contributed by atoms with Crippen molar-refractivity contribution in [3.05, 3.63) is 69.3 Å². The summed E-state index contributed by atoms with van der Waals surface area (Å²) in [6.45, 7) is 5.80. The molecule has 2 aromatic carbocycles. The summed E-state index contributed by atoms with van der Waals surface area (Å²) in [5, 5.41) is 0. The van der Waals surface area contributed by atoms with Crippen LogP contribution in [0.15, 0.2) is 30.3 Å². The Morgan fingerprint density at radius 1 is 1.08 bits per heavy atom. The molecule has 0 spiro atoms. The number of carbonyl (C=O) groups excluding carboxylic acids is 1. The Kier molecular flexibility index (Phi) is 3.69. The third-order valence-corrected chi connectivity index (χ3v) is 5.41. The maximum Gasteiger partial charge on any atom is 0.254 e. The van der Waals surface area contributed by atoms with E-state index in [4.69, 9.17) is 5.73 Å². The van der Waals surface area contributed by atoms with E-state index in [0.717, 1.165) is 37.9 Å². The van der Waals surface area contributed by atoms with Gasteiger partial charge in [-0.05, 0) is 73.1 Å². The number of nitrogens with two attached hydrogens (primary N) is 1. The molecule has 4 rings (SSSR count). The first kappa shape index (κ1) is 15.4. The third kappa shape index (κ3) is 2.63. The molecule has 0 bridgehead atoms. The van der Waals surface area contributed by atoms with Crippen LogP contribution < -0.4 is 5.73 Å². The predicted octanol–water partition coefficient (Wildman–Crippen LogP) is 2.93. The molecule has 1 heterocycles. The third-order valence-electron chi connectivity index (χ3n) is 5.41. The average molecular weight is 320 g/mol. The highest BCUT2D eigenvalue weighted by molar-refractivity contribution is 5.94. The lowest BCUT2D eigenvalue weighted by molar-refractivity contribution is 0.0734. The summed E-state index contributed by atoms with van der Waals surface area (Å²) in [6, 6.07) is 10.8. The SMILES string of the molecule is Cc1cc(C)c2c(c1)CCN(C(=O)c1ccc3c(c1)CC(N)C3)C2. The van der Waals surface area contributed by atoms with Gasteiger partial charge in [-0.25, -0.2) is 0 Å². The molecule has 0 fully saturated rings. The Morgan fingerprint density at radius 3 is 2.71 bits per heavy atom. The average Bonchev–Trinajstić information content (AvgIpc) is 2.93. The molecule has 1 aliphatic carbocycles. The van der Waals surface area contributed by atoms with Gasteiger partial charge in [-0.2, -0.15) is 0 Å². The van der Waals surface area contributed by atoms with E-state index in [1.54, 1.807) is 0 Å². The van der Waals surface area contributed by atoms with Gasteiger partial charge in [0.15, 0.2) is 0 Å². The quantitative estimate of drug-likeness (QED) is 0.878. The lowest BCUT2D eigenvalue weighted by Gasteiger charge is -2.30. The normalized spacial score (nSPS) is 19.1. The number of hydrogen-bond acceptors (Lipinski definition) is 2. The molecule has 1 amide bonds. The number of amides is 1. The minimum absolute atomic E-state index is 0.142. The van der Waals surface area contributed by atoms with Crippen molar-refractivity contribution in [3.63, 3.8) is 0 Å². The zero-order chi connectivity index (χ0) is 16.8. The van der Waals surface area contributed by atoms with E-state index in [1.807, 2.05) is 11.0 Å². The lowest BCUT2D eigenvalue weighted by Crippen LogP contribution is -2.36. The second kappa shape index (κ2) is 5.75. The molecule has 1 atom stereocenters. The maximum absolute atomic E-state index is 13.0. The van der Waals surface area contributed by atoms with E-state index >= 15 is 0 Å². The maximum atomic E-state index is 13.0. The van der Waals surface area contributed by atoms with Crippen molar-refractivity contribution < 1.29 is 4.79 Å². The van der Waals surface area contributed by atoms with Gasteiger partial charge < -0.3 is 10.6 Å². The fourth-order valence-electron chi connectivity index (χ4n) is 4.20. The van der Waals surface area contributed by atoms with E-state index in [2.05, 4.69) is 38.1 Å². The first-order valence-corrected chi connectivity index (χ1v) is 8.77. The number of carbonyl (C=O) groups is 1. The van der Waals surface area contributed by atoms with Crippen LogP contribution in [-0.4, -0.2) is 23.4 Å². The molecule has 2 aromatic rings. The fourth-order valence-corrected chi connectivity index (χ4v) is 4.20. The summed E-state index contributed by atoms with van der Waals surface area (Å²) in [7, 11) is 0. The largest absolute Gasteiger partial charge is 0.334 e. The van der Waals surface area contributed by atoms with E-state index in [1.165, 1.54) is 33.4 Å². The predicted molar refractivity (Wildman–Crippen MR) is 96.2 cm³/mol. The molecule has 1 unspecified atom stereocenters. The molecule has 124 valence electrons. The molecule has 0 radical (unpaired) electrons. The van der Waals surface area contributed by atoms with Crippen LogP contribution in [0.3, 0.4) is 0 Å². The highest BCUT2D eigenvalue weighted by Crippen LogP contribution is 2.27. The van der Waals surface area contributed by atoms with Crippen LogP contribution in [0, 0.1) is 13.8 Å². The summed E-state index contributed by atoms with van der Waals surface area (Å²) in [5.41, 5.74) is 14.7. The fraction of sp³-hybridized carbons (Fsp3) is 0.381. The number of nitrogens with zero attached hydrogens (tertiary/aromatic N) is 1. The molecule has 0 saturated heterocycles. The Hall–Kier alpha value is -2.13. The van der Waals surface area contributed by atoms with Crippen LogP contribution in [0.2, 0.25) is 0 Å². The Morgan fingerprint density at radius 2 is 1.88 bits per heavy atom. The first-order chi connectivity index (χ1) is 11.5. The van der Waals surface area contributed by atoms with Crippen molar-refractivity contribution in [2.24, 2.45) is 5.73 Å². The van der Waals surface area contributed by atoms with Gasteiger partial charge in [0.25, 0.3) is 5.91 Å². The Bertz CT molecular complexity index is 825. The van der Waals surface area contributed by atoms with Gasteiger partial charge in [0.2, 0.25) is 0 Å². The lowest BCUT2D eigenvalue weighted by atomic mass is 9.93. The zero-order valence-corrected chi connectivity index (χ0v) is 14.4. The minimum atomic E-state index is 0.142. The van der Waals surface area contributed by atoms with Gasteiger partial charge in [-0.3, -0.25) is 4.79 Å². The molecule has 3 nitrogen and oxygen atoms in total. The standard InChI is InChI=1S/C21H24N2O/c1-13-7-14(2)20-12-23(6-5-16(20)8-13)21(24)17-4-3-15-10-19(22)11-18(15)9-17/h3-4,7-9,19H,5-6,10-12,22H2,1-2H3. The van der Waals surface area contributed by atoms with Gasteiger partial charge >= 0.3 is 0 Å². The molecular weight excluding hydrogens is 296 g/mol. The van der Waals surface area contributed by atoms with Crippen LogP contribution in [0.1, 0.15) is 43.7 Å². The number of rotatable bonds is 1. The van der Waals surface area contributed by atoms with Crippen molar-refractivity contribution >= 4 is 5.91 Å². The highest BCUT2D eigenvalue weighted by atomic mass is 16.2. The summed E-state index contributed by atoms with van der Waals surface area (Å²) >= 11 is 0. The number of benzene rings is 2. The summed E-state index contributed by atoms with van der Waals surface area (Å²) in [6.07, 6.45) is 2.76. The number of fused-ring (bicyclic) bond motifs is 2. The van der Waals surface area contributed by atoms with Gasteiger partial charge in [0, 0.05) is 24.7 Å². The van der Waals surface area contributed by atoms with Gasteiger partial charge in [0.05, 0.1) is 0 Å².